The zero-order chi connectivity index (χ0) is 22.1. The molecule has 0 aliphatic rings. The third-order valence-corrected chi connectivity index (χ3v) is 5.61. The van der Waals surface area contributed by atoms with Gasteiger partial charge in [0.1, 0.15) is 11.9 Å². The number of halogens is 2. The van der Waals surface area contributed by atoms with Crippen LogP contribution in [0.1, 0.15) is 44.7 Å². The Kier molecular flexibility index (Phi) is 9.31. The normalized spacial score (nSPS) is 12.8. The maximum absolute atomic E-state index is 14.2. The predicted molar refractivity (Wildman–Crippen MR) is 119 cm³/mol. The van der Waals surface area contributed by atoms with Crippen LogP contribution in [-0.4, -0.2) is 35.3 Å². The summed E-state index contributed by atoms with van der Waals surface area (Å²) in [6.07, 6.45) is 1.68. The third-order valence-electron chi connectivity index (χ3n) is 5.26. The molecule has 2 aromatic rings. The molecule has 0 unspecified atom stereocenters. The second-order valence-electron chi connectivity index (χ2n) is 7.44. The van der Waals surface area contributed by atoms with Crippen LogP contribution in [0.3, 0.4) is 0 Å². The summed E-state index contributed by atoms with van der Waals surface area (Å²) in [5.41, 5.74) is 1.22. The number of amides is 2. The van der Waals surface area contributed by atoms with E-state index in [-0.39, 0.29) is 34.9 Å². The Morgan fingerprint density at radius 1 is 1.07 bits per heavy atom. The quantitative estimate of drug-likeness (QED) is 0.587. The molecule has 2 aromatic carbocycles. The average molecular weight is 433 g/mol. The summed E-state index contributed by atoms with van der Waals surface area (Å²) in [7, 11) is 0. The van der Waals surface area contributed by atoms with Crippen LogP contribution >= 0.6 is 11.6 Å². The number of nitrogens with one attached hydrogen (secondary N) is 1. The van der Waals surface area contributed by atoms with Crippen molar-refractivity contribution in [3.8, 4) is 0 Å². The second-order valence-corrected chi connectivity index (χ2v) is 7.85. The molecule has 0 saturated carbocycles. The topological polar surface area (TPSA) is 49.4 Å². The summed E-state index contributed by atoms with van der Waals surface area (Å²) < 4.78 is 14.2. The predicted octanol–water partition coefficient (Wildman–Crippen LogP) is 4.79. The monoisotopic (exact) mass is 432 g/mol. The van der Waals surface area contributed by atoms with Crippen LogP contribution in [0.2, 0.25) is 5.02 Å². The summed E-state index contributed by atoms with van der Waals surface area (Å²) in [6.45, 7) is 6.16. The maximum Gasteiger partial charge on any atom is 0.243 e. The largest absolute Gasteiger partial charge is 0.352 e. The van der Waals surface area contributed by atoms with Gasteiger partial charge in [-0.25, -0.2) is 4.39 Å². The number of benzene rings is 2. The van der Waals surface area contributed by atoms with E-state index >= 15 is 0 Å². The molecule has 2 amide bonds. The fourth-order valence-corrected chi connectivity index (χ4v) is 3.52. The Morgan fingerprint density at radius 3 is 2.37 bits per heavy atom. The second kappa shape index (κ2) is 11.7. The van der Waals surface area contributed by atoms with Crippen LogP contribution in [0.15, 0.2) is 48.5 Å². The van der Waals surface area contributed by atoms with Crippen LogP contribution in [-0.2, 0) is 22.4 Å². The van der Waals surface area contributed by atoms with E-state index < -0.39 is 11.9 Å². The molecule has 0 aromatic heterocycles. The van der Waals surface area contributed by atoms with Crippen molar-refractivity contribution in [2.24, 2.45) is 0 Å². The van der Waals surface area contributed by atoms with Crippen molar-refractivity contribution in [2.45, 2.75) is 58.5 Å². The van der Waals surface area contributed by atoms with Crippen molar-refractivity contribution in [3.05, 3.63) is 70.5 Å². The zero-order valence-corrected chi connectivity index (χ0v) is 18.6. The van der Waals surface area contributed by atoms with Gasteiger partial charge in [0.05, 0.1) is 6.42 Å². The van der Waals surface area contributed by atoms with Crippen LogP contribution in [0, 0.1) is 5.82 Å². The molecule has 2 atom stereocenters. The number of hydrogen-bond donors (Lipinski definition) is 1. The van der Waals surface area contributed by atoms with Crippen molar-refractivity contribution < 1.29 is 14.0 Å². The van der Waals surface area contributed by atoms with E-state index in [2.05, 4.69) is 5.32 Å². The molecule has 0 spiro atoms. The third kappa shape index (κ3) is 6.56. The van der Waals surface area contributed by atoms with Gasteiger partial charge in [-0.05, 0) is 43.9 Å². The van der Waals surface area contributed by atoms with Crippen molar-refractivity contribution >= 4 is 23.4 Å². The van der Waals surface area contributed by atoms with Crippen LogP contribution in [0.5, 0.6) is 0 Å². The molecule has 2 rings (SSSR count). The lowest BCUT2D eigenvalue weighted by molar-refractivity contribution is -0.140. The fourth-order valence-electron chi connectivity index (χ4n) is 3.29. The molecule has 1 N–H and O–H groups in total. The Bertz CT molecular complexity index is 824. The molecule has 0 heterocycles. The minimum Gasteiger partial charge on any atom is -0.352 e. The number of rotatable bonds is 10. The highest BCUT2D eigenvalue weighted by Gasteiger charge is 2.29. The lowest BCUT2D eigenvalue weighted by Crippen LogP contribution is -2.52. The van der Waals surface area contributed by atoms with E-state index in [0.717, 1.165) is 12.0 Å². The molecule has 0 fully saturated rings. The summed E-state index contributed by atoms with van der Waals surface area (Å²) in [5.74, 6) is -1.02. The Labute approximate surface area is 183 Å². The molecule has 0 bridgehead atoms. The van der Waals surface area contributed by atoms with E-state index in [9.17, 15) is 14.0 Å². The SMILES string of the molecule is CC[C@@H](C)NC(=O)[C@H](CC)N(CCc1ccccc1)C(=O)Cc1c(F)cccc1Cl. The van der Waals surface area contributed by atoms with Gasteiger partial charge in [0.15, 0.2) is 0 Å². The molecule has 0 saturated heterocycles. The van der Waals surface area contributed by atoms with Crippen LogP contribution in [0.4, 0.5) is 4.39 Å². The van der Waals surface area contributed by atoms with Gasteiger partial charge in [-0.15, -0.1) is 0 Å². The number of carbonyl (C=O) groups excluding carboxylic acids is 2. The molecule has 4 nitrogen and oxygen atoms in total. The van der Waals surface area contributed by atoms with E-state index in [1.54, 1.807) is 11.0 Å². The van der Waals surface area contributed by atoms with Crippen LogP contribution in [0.25, 0.3) is 0 Å². The highest BCUT2D eigenvalue weighted by Crippen LogP contribution is 2.21. The Morgan fingerprint density at radius 2 is 1.77 bits per heavy atom. The zero-order valence-electron chi connectivity index (χ0n) is 17.8. The van der Waals surface area contributed by atoms with Crippen molar-refractivity contribution in [1.29, 1.82) is 0 Å². The molecule has 30 heavy (non-hydrogen) atoms. The van der Waals surface area contributed by atoms with Crippen molar-refractivity contribution in [1.82, 2.24) is 10.2 Å². The first-order valence-corrected chi connectivity index (χ1v) is 10.8. The average Bonchev–Trinajstić information content (AvgIpc) is 2.74. The number of hydrogen-bond acceptors (Lipinski definition) is 2. The summed E-state index contributed by atoms with van der Waals surface area (Å²) in [5, 5.41) is 3.18. The maximum atomic E-state index is 14.2. The van der Waals surface area contributed by atoms with Crippen LogP contribution < -0.4 is 5.32 Å². The molecule has 0 aliphatic carbocycles. The van der Waals surface area contributed by atoms with E-state index in [4.69, 9.17) is 11.6 Å². The number of carbonyl (C=O) groups is 2. The van der Waals surface area contributed by atoms with Gasteiger partial charge in [0, 0.05) is 23.2 Å². The molecular formula is C24H30ClFN2O2. The first-order chi connectivity index (χ1) is 14.4. The number of nitrogens with zero attached hydrogens (tertiary/aromatic N) is 1. The van der Waals surface area contributed by atoms with E-state index in [1.807, 2.05) is 51.1 Å². The summed E-state index contributed by atoms with van der Waals surface area (Å²) in [6, 6.07) is 13.5. The van der Waals surface area contributed by atoms with Gasteiger partial charge in [0.25, 0.3) is 0 Å². The van der Waals surface area contributed by atoms with Crippen molar-refractivity contribution in [3.63, 3.8) is 0 Å². The summed E-state index contributed by atoms with van der Waals surface area (Å²) in [4.78, 5) is 27.7. The van der Waals surface area contributed by atoms with E-state index in [1.165, 1.54) is 12.1 Å². The van der Waals surface area contributed by atoms with Gasteiger partial charge >= 0.3 is 0 Å². The molecule has 0 aliphatic heterocycles. The molecular weight excluding hydrogens is 403 g/mol. The van der Waals surface area contributed by atoms with Gasteiger partial charge < -0.3 is 10.2 Å². The van der Waals surface area contributed by atoms with Gasteiger partial charge in [-0.1, -0.05) is 61.8 Å². The highest BCUT2D eigenvalue weighted by molar-refractivity contribution is 6.31. The standard InChI is InChI=1S/C24H30ClFN2O2/c1-4-17(3)27-24(30)22(5-2)28(15-14-18-10-7-6-8-11-18)23(29)16-19-20(25)12-9-13-21(19)26/h6-13,17,22H,4-5,14-16H2,1-3H3,(H,27,30)/t17-,22+/m1/s1. The van der Waals surface area contributed by atoms with Crippen molar-refractivity contribution in [2.75, 3.05) is 6.54 Å². The molecule has 6 heteroatoms. The fraction of sp³-hybridized carbons (Fsp3) is 0.417. The minimum atomic E-state index is -0.624. The first-order valence-electron chi connectivity index (χ1n) is 10.4. The lowest BCUT2D eigenvalue weighted by atomic mass is 10.1. The van der Waals surface area contributed by atoms with Gasteiger partial charge in [-0.3, -0.25) is 9.59 Å². The highest BCUT2D eigenvalue weighted by atomic mass is 35.5. The van der Waals surface area contributed by atoms with Gasteiger partial charge in [-0.2, -0.15) is 0 Å². The minimum absolute atomic E-state index is 0.0126. The first kappa shape index (κ1) is 23.9. The smallest absolute Gasteiger partial charge is 0.243 e. The Hall–Kier alpha value is -2.40. The molecule has 162 valence electrons. The van der Waals surface area contributed by atoms with E-state index in [0.29, 0.717) is 19.4 Å². The Balaban J connectivity index is 2.26. The molecule has 0 radical (unpaired) electrons. The summed E-state index contributed by atoms with van der Waals surface area (Å²) >= 11 is 6.12. The lowest BCUT2D eigenvalue weighted by Gasteiger charge is -2.31. The van der Waals surface area contributed by atoms with Gasteiger partial charge in [0.2, 0.25) is 11.8 Å².